The van der Waals surface area contributed by atoms with Gasteiger partial charge in [0.1, 0.15) is 5.15 Å². The highest BCUT2D eigenvalue weighted by atomic mass is 35.5. The molecule has 1 aromatic carbocycles. The van der Waals surface area contributed by atoms with Gasteiger partial charge in [-0.2, -0.15) is 0 Å². The zero-order valence-corrected chi connectivity index (χ0v) is 11.8. The molecule has 0 atom stereocenters. The molecule has 0 aliphatic carbocycles. The quantitative estimate of drug-likeness (QED) is 0.662. The Morgan fingerprint density at radius 3 is 2.63 bits per heavy atom. The van der Waals surface area contributed by atoms with Gasteiger partial charge in [0, 0.05) is 22.5 Å². The van der Waals surface area contributed by atoms with E-state index in [1.54, 1.807) is 23.9 Å². The molecule has 2 aromatic rings. The van der Waals surface area contributed by atoms with Gasteiger partial charge in [0.2, 0.25) is 0 Å². The predicted molar refractivity (Wildman–Crippen MR) is 80.1 cm³/mol. The first-order valence-corrected chi connectivity index (χ1v) is 7.11. The van der Waals surface area contributed by atoms with Gasteiger partial charge in [-0.05, 0) is 36.6 Å². The Balaban J connectivity index is 2.01. The van der Waals surface area contributed by atoms with Crippen LogP contribution in [-0.4, -0.2) is 17.3 Å². The molecule has 0 saturated carbocycles. The van der Waals surface area contributed by atoms with Gasteiger partial charge in [-0.3, -0.25) is 0 Å². The van der Waals surface area contributed by atoms with Crippen LogP contribution in [0.2, 0.25) is 5.15 Å². The second kappa shape index (κ2) is 6.45. The molecule has 1 heterocycles. The second-order valence-corrected chi connectivity index (χ2v) is 4.95. The number of halogens is 1. The molecule has 0 saturated heterocycles. The number of hydrogen-bond acceptors (Lipinski definition) is 3. The third-order valence-electron chi connectivity index (χ3n) is 2.31. The summed E-state index contributed by atoms with van der Waals surface area (Å²) >= 11 is 7.36. The first kappa shape index (κ1) is 13.7. The van der Waals surface area contributed by atoms with Gasteiger partial charge >= 0.3 is 6.03 Å². The van der Waals surface area contributed by atoms with Crippen LogP contribution in [0.15, 0.2) is 47.5 Å². The zero-order chi connectivity index (χ0) is 13.7. The van der Waals surface area contributed by atoms with E-state index in [9.17, 15) is 4.79 Å². The van der Waals surface area contributed by atoms with Crippen LogP contribution in [0.5, 0.6) is 0 Å². The molecule has 0 unspecified atom stereocenters. The van der Waals surface area contributed by atoms with Crippen molar-refractivity contribution in [2.45, 2.75) is 4.90 Å². The van der Waals surface area contributed by atoms with Crippen LogP contribution in [0, 0.1) is 0 Å². The highest BCUT2D eigenvalue weighted by Crippen LogP contribution is 2.19. The topological polar surface area (TPSA) is 54.0 Å². The molecular formula is C13H12ClN3OS. The Hall–Kier alpha value is -1.72. The van der Waals surface area contributed by atoms with Crippen LogP contribution in [0.3, 0.4) is 0 Å². The largest absolute Gasteiger partial charge is 0.323 e. The average Bonchev–Trinajstić information content (AvgIpc) is 2.38. The molecule has 0 bridgehead atoms. The van der Waals surface area contributed by atoms with Crippen molar-refractivity contribution in [3.63, 3.8) is 0 Å². The summed E-state index contributed by atoms with van der Waals surface area (Å²) in [5.41, 5.74) is 1.34. The SMILES string of the molecule is CSc1cccc(NC(=O)Nc2ccnc(Cl)c2)c1. The molecule has 0 spiro atoms. The molecule has 0 aliphatic rings. The summed E-state index contributed by atoms with van der Waals surface area (Å²) in [6, 6.07) is 10.5. The summed E-state index contributed by atoms with van der Waals surface area (Å²) in [4.78, 5) is 16.7. The van der Waals surface area contributed by atoms with E-state index < -0.39 is 0 Å². The molecule has 0 aliphatic heterocycles. The molecule has 0 fully saturated rings. The normalized spacial score (nSPS) is 10.0. The maximum atomic E-state index is 11.8. The summed E-state index contributed by atoms with van der Waals surface area (Å²) < 4.78 is 0. The number of rotatable bonds is 3. The molecule has 0 radical (unpaired) electrons. The van der Waals surface area contributed by atoms with Crippen molar-refractivity contribution in [3.05, 3.63) is 47.7 Å². The molecule has 1 aromatic heterocycles. The minimum atomic E-state index is -0.319. The van der Waals surface area contributed by atoms with Crippen LogP contribution in [-0.2, 0) is 0 Å². The Labute approximate surface area is 120 Å². The van der Waals surface area contributed by atoms with Crippen LogP contribution < -0.4 is 10.6 Å². The standard InChI is InChI=1S/C13H12ClN3OS/c1-19-11-4-2-3-9(7-11)16-13(18)17-10-5-6-15-12(14)8-10/h2-8H,1H3,(H2,15,16,17,18). The lowest BCUT2D eigenvalue weighted by molar-refractivity contribution is 0.262. The monoisotopic (exact) mass is 293 g/mol. The van der Waals surface area contributed by atoms with E-state index in [4.69, 9.17) is 11.6 Å². The number of carbonyl (C=O) groups excluding carboxylic acids is 1. The van der Waals surface area contributed by atoms with Crippen LogP contribution in [0.1, 0.15) is 0 Å². The van der Waals surface area contributed by atoms with Gasteiger partial charge in [-0.1, -0.05) is 17.7 Å². The lowest BCUT2D eigenvalue weighted by Crippen LogP contribution is -2.19. The van der Waals surface area contributed by atoms with Crippen molar-refractivity contribution in [3.8, 4) is 0 Å². The van der Waals surface area contributed by atoms with E-state index in [-0.39, 0.29) is 6.03 Å². The lowest BCUT2D eigenvalue weighted by Gasteiger charge is -2.08. The van der Waals surface area contributed by atoms with E-state index in [1.807, 2.05) is 30.5 Å². The Morgan fingerprint density at radius 1 is 1.21 bits per heavy atom. The molecule has 2 N–H and O–H groups in total. The number of aromatic nitrogens is 1. The van der Waals surface area contributed by atoms with Crippen LogP contribution >= 0.6 is 23.4 Å². The van der Waals surface area contributed by atoms with E-state index in [0.29, 0.717) is 10.8 Å². The van der Waals surface area contributed by atoms with Gasteiger partial charge in [0.05, 0.1) is 0 Å². The highest BCUT2D eigenvalue weighted by Gasteiger charge is 2.03. The van der Waals surface area contributed by atoms with Crippen molar-refractivity contribution >= 4 is 40.8 Å². The summed E-state index contributed by atoms with van der Waals surface area (Å²) in [5, 5.41) is 5.78. The first-order valence-electron chi connectivity index (χ1n) is 5.51. The number of benzene rings is 1. The number of urea groups is 1. The second-order valence-electron chi connectivity index (χ2n) is 3.68. The van der Waals surface area contributed by atoms with Crippen molar-refractivity contribution in [2.24, 2.45) is 0 Å². The van der Waals surface area contributed by atoms with Gasteiger partial charge in [-0.15, -0.1) is 11.8 Å². The molecular weight excluding hydrogens is 282 g/mol. The van der Waals surface area contributed by atoms with Crippen molar-refractivity contribution < 1.29 is 4.79 Å². The van der Waals surface area contributed by atoms with Crippen molar-refractivity contribution in [2.75, 3.05) is 16.9 Å². The fourth-order valence-electron chi connectivity index (χ4n) is 1.47. The third kappa shape index (κ3) is 4.15. The minimum absolute atomic E-state index is 0.319. The smallest absolute Gasteiger partial charge is 0.308 e. The van der Waals surface area contributed by atoms with E-state index in [1.165, 1.54) is 6.20 Å². The van der Waals surface area contributed by atoms with Gasteiger partial charge in [0.15, 0.2) is 0 Å². The summed E-state index contributed by atoms with van der Waals surface area (Å²) in [5.74, 6) is 0. The predicted octanol–water partition coefficient (Wildman–Crippen LogP) is 4.10. The van der Waals surface area contributed by atoms with Crippen LogP contribution in [0.25, 0.3) is 0 Å². The molecule has 4 nitrogen and oxygen atoms in total. The summed E-state index contributed by atoms with van der Waals surface area (Å²) in [7, 11) is 0. The Kier molecular flexibility index (Phi) is 4.65. The molecule has 2 amide bonds. The number of carbonyl (C=O) groups is 1. The number of thioether (sulfide) groups is 1. The maximum Gasteiger partial charge on any atom is 0.323 e. The third-order valence-corrected chi connectivity index (χ3v) is 3.24. The minimum Gasteiger partial charge on any atom is -0.308 e. The molecule has 6 heteroatoms. The summed E-state index contributed by atoms with van der Waals surface area (Å²) in [6.07, 6.45) is 3.52. The van der Waals surface area contributed by atoms with Crippen molar-refractivity contribution in [1.82, 2.24) is 4.98 Å². The van der Waals surface area contributed by atoms with Gasteiger partial charge in [-0.25, -0.2) is 9.78 Å². The average molecular weight is 294 g/mol. The number of nitrogens with one attached hydrogen (secondary N) is 2. The van der Waals surface area contributed by atoms with Gasteiger partial charge < -0.3 is 10.6 Å². The van der Waals surface area contributed by atoms with Gasteiger partial charge in [0.25, 0.3) is 0 Å². The number of anilines is 2. The zero-order valence-electron chi connectivity index (χ0n) is 10.2. The fourth-order valence-corrected chi connectivity index (χ4v) is 2.11. The lowest BCUT2D eigenvalue weighted by atomic mass is 10.3. The van der Waals surface area contributed by atoms with E-state index in [2.05, 4.69) is 15.6 Å². The number of hydrogen-bond donors (Lipinski definition) is 2. The Morgan fingerprint density at radius 2 is 1.95 bits per heavy atom. The fraction of sp³-hybridized carbons (Fsp3) is 0.0769. The first-order chi connectivity index (χ1) is 9.17. The van der Waals surface area contributed by atoms with E-state index in [0.717, 1.165) is 10.6 Å². The van der Waals surface area contributed by atoms with E-state index >= 15 is 0 Å². The van der Waals surface area contributed by atoms with Crippen LogP contribution in [0.4, 0.5) is 16.2 Å². The van der Waals surface area contributed by atoms with Crippen molar-refractivity contribution in [1.29, 1.82) is 0 Å². The Bertz CT molecular complexity index is 592. The molecule has 19 heavy (non-hydrogen) atoms. The number of amides is 2. The highest BCUT2D eigenvalue weighted by molar-refractivity contribution is 7.98. The number of pyridine rings is 1. The molecule has 98 valence electrons. The number of nitrogens with zero attached hydrogens (tertiary/aromatic N) is 1. The maximum absolute atomic E-state index is 11.8. The molecule has 2 rings (SSSR count). The summed E-state index contributed by atoms with van der Waals surface area (Å²) in [6.45, 7) is 0.